The summed E-state index contributed by atoms with van der Waals surface area (Å²) in [6.45, 7) is 4.14. The number of H-pyrrole nitrogens is 1. The number of pyridine rings is 1. The van der Waals surface area contributed by atoms with E-state index in [0.717, 1.165) is 29.0 Å². The summed E-state index contributed by atoms with van der Waals surface area (Å²) in [5.41, 5.74) is 5.20. The van der Waals surface area contributed by atoms with Gasteiger partial charge in [-0.15, -0.1) is 0 Å². The number of imidazole rings is 1. The van der Waals surface area contributed by atoms with Crippen LogP contribution in [0.5, 0.6) is 0 Å². The lowest BCUT2D eigenvalue weighted by Gasteiger charge is -2.05. The number of aromatic amines is 1. The summed E-state index contributed by atoms with van der Waals surface area (Å²) in [4.78, 5) is 7.78. The maximum absolute atomic E-state index is 5.41. The van der Waals surface area contributed by atoms with E-state index in [4.69, 9.17) is 12.2 Å². The van der Waals surface area contributed by atoms with Crippen LogP contribution in [-0.4, -0.2) is 14.5 Å². The molecule has 0 fully saturated rings. The predicted molar refractivity (Wildman–Crippen MR) is 80.4 cm³/mol. The van der Waals surface area contributed by atoms with E-state index in [1.165, 1.54) is 5.56 Å². The number of aromatic nitrogens is 3. The molecule has 0 amide bonds. The first-order chi connectivity index (χ1) is 9.19. The van der Waals surface area contributed by atoms with Crippen LogP contribution in [0.3, 0.4) is 0 Å². The van der Waals surface area contributed by atoms with Gasteiger partial charge in [0.25, 0.3) is 0 Å². The van der Waals surface area contributed by atoms with Crippen LogP contribution >= 0.6 is 12.2 Å². The van der Waals surface area contributed by atoms with E-state index in [1.54, 1.807) is 0 Å². The Balaban J connectivity index is 2.25. The first-order valence-corrected chi connectivity index (χ1v) is 6.77. The number of hydrogen-bond donors (Lipinski definition) is 1. The van der Waals surface area contributed by atoms with Gasteiger partial charge in [-0.2, -0.15) is 0 Å². The number of benzene rings is 1. The third-order valence-corrected chi connectivity index (χ3v) is 3.56. The average molecular weight is 269 g/mol. The Kier molecular flexibility index (Phi) is 2.95. The summed E-state index contributed by atoms with van der Waals surface area (Å²) in [6.07, 6.45) is 1.04. The molecule has 3 aromatic rings. The van der Waals surface area contributed by atoms with Crippen LogP contribution in [0.15, 0.2) is 36.4 Å². The van der Waals surface area contributed by atoms with Crippen molar-refractivity contribution in [2.75, 3.05) is 0 Å². The van der Waals surface area contributed by atoms with Crippen LogP contribution in [0.4, 0.5) is 0 Å². The normalized spacial score (nSPS) is 11.1. The zero-order valence-electron chi connectivity index (χ0n) is 11.0. The Labute approximate surface area is 116 Å². The second-order valence-corrected chi connectivity index (χ2v) is 5.00. The molecule has 1 N–H and O–H groups in total. The van der Waals surface area contributed by atoms with Crippen molar-refractivity contribution in [3.63, 3.8) is 0 Å². The molecule has 0 bridgehead atoms. The molecule has 3 rings (SSSR count). The SMILES string of the molecule is CCc1ccc(-n2c(=S)[nH]c3ccc(C)nc32)cc1. The zero-order chi connectivity index (χ0) is 13.4. The molecular formula is C15H15N3S. The van der Waals surface area contributed by atoms with Gasteiger partial charge in [-0.25, -0.2) is 4.98 Å². The minimum atomic E-state index is 0.678. The second-order valence-electron chi connectivity index (χ2n) is 4.61. The highest BCUT2D eigenvalue weighted by atomic mass is 32.1. The fraction of sp³-hybridized carbons (Fsp3) is 0.200. The largest absolute Gasteiger partial charge is 0.329 e. The minimum absolute atomic E-state index is 0.678. The van der Waals surface area contributed by atoms with Gasteiger partial charge in [0.15, 0.2) is 10.4 Å². The monoisotopic (exact) mass is 269 g/mol. The second kappa shape index (κ2) is 4.63. The first-order valence-electron chi connectivity index (χ1n) is 6.36. The van der Waals surface area contributed by atoms with Crippen LogP contribution in [0.25, 0.3) is 16.9 Å². The van der Waals surface area contributed by atoms with Crippen molar-refractivity contribution < 1.29 is 0 Å². The van der Waals surface area contributed by atoms with Crippen LogP contribution in [0.1, 0.15) is 18.2 Å². The molecule has 0 unspecified atom stereocenters. The van der Waals surface area contributed by atoms with E-state index in [9.17, 15) is 0 Å². The lowest BCUT2D eigenvalue weighted by Crippen LogP contribution is -1.96. The number of aryl methyl sites for hydroxylation is 2. The molecule has 0 saturated heterocycles. The Hall–Kier alpha value is -1.94. The summed E-state index contributed by atoms with van der Waals surface area (Å²) in [5.74, 6) is 0. The molecule has 1 aromatic carbocycles. The maximum atomic E-state index is 5.41. The Bertz CT molecular complexity index is 781. The number of hydrogen-bond acceptors (Lipinski definition) is 2. The number of nitrogens with zero attached hydrogens (tertiary/aromatic N) is 2. The highest BCUT2D eigenvalue weighted by molar-refractivity contribution is 7.71. The van der Waals surface area contributed by atoms with Gasteiger partial charge in [0.05, 0.1) is 5.52 Å². The summed E-state index contributed by atoms with van der Waals surface area (Å²) in [7, 11) is 0. The zero-order valence-corrected chi connectivity index (χ0v) is 11.8. The molecule has 0 radical (unpaired) electrons. The van der Waals surface area contributed by atoms with Gasteiger partial charge in [-0.1, -0.05) is 19.1 Å². The molecule has 0 aliphatic rings. The third kappa shape index (κ3) is 2.08. The summed E-state index contributed by atoms with van der Waals surface area (Å²) in [5, 5.41) is 0. The van der Waals surface area contributed by atoms with E-state index in [-0.39, 0.29) is 0 Å². The average Bonchev–Trinajstić information content (AvgIpc) is 2.74. The van der Waals surface area contributed by atoms with E-state index >= 15 is 0 Å². The third-order valence-electron chi connectivity index (χ3n) is 3.27. The van der Waals surface area contributed by atoms with Crippen molar-refractivity contribution in [1.29, 1.82) is 0 Å². The standard InChI is InChI=1S/C15H15N3S/c1-3-11-5-7-12(8-6-11)18-14-13(17-15(18)19)9-4-10(2)16-14/h4-9H,3H2,1-2H3,(H,17,19). The van der Waals surface area contributed by atoms with E-state index in [2.05, 4.69) is 41.2 Å². The van der Waals surface area contributed by atoms with Crippen molar-refractivity contribution in [2.45, 2.75) is 20.3 Å². The van der Waals surface area contributed by atoms with E-state index < -0.39 is 0 Å². The molecule has 4 heteroatoms. The fourth-order valence-corrected chi connectivity index (χ4v) is 2.50. The molecule has 0 aliphatic heterocycles. The molecule has 0 atom stereocenters. The highest BCUT2D eigenvalue weighted by Gasteiger charge is 2.07. The number of fused-ring (bicyclic) bond motifs is 1. The number of rotatable bonds is 2. The van der Waals surface area contributed by atoms with Crippen LogP contribution in [-0.2, 0) is 6.42 Å². The van der Waals surface area contributed by atoms with Gasteiger partial charge in [0.1, 0.15) is 0 Å². The molecule has 19 heavy (non-hydrogen) atoms. The van der Waals surface area contributed by atoms with Crippen molar-refractivity contribution in [3.05, 3.63) is 52.4 Å². The molecule has 0 aliphatic carbocycles. The minimum Gasteiger partial charge on any atom is -0.329 e. The topological polar surface area (TPSA) is 33.6 Å². The van der Waals surface area contributed by atoms with Crippen molar-refractivity contribution in [3.8, 4) is 5.69 Å². The van der Waals surface area contributed by atoms with Gasteiger partial charge in [-0.3, -0.25) is 4.57 Å². The molecule has 0 spiro atoms. The van der Waals surface area contributed by atoms with Gasteiger partial charge in [0, 0.05) is 11.4 Å². The first kappa shape index (κ1) is 12.1. The van der Waals surface area contributed by atoms with E-state index in [0.29, 0.717) is 4.77 Å². The summed E-state index contributed by atoms with van der Waals surface area (Å²) in [6, 6.07) is 12.4. The van der Waals surface area contributed by atoms with Gasteiger partial charge in [-0.05, 0) is 55.4 Å². The lowest BCUT2D eigenvalue weighted by atomic mass is 10.1. The Morgan fingerprint density at radius 3 is 2.58 bits per heavy atom. The highest BCUT2D eigenvalue weighted by Crippen LogP contribution is 2.18. The quantitative estimate of drug-likeness (QED) is 0.715. The Morgan fingerprint density at radius 2 is 1.89 bits per heavy atom. The molecular weight excluding hydrogens is 254 g/mol. The predicted octanol–water partition coefficient (Wildman–Crippen LogP) is 3.95. The van der Waals surface area contributed by atoms with Crippen LogP contribution in [0, 0.1) is 11.7 Å². The molecule has 3 nitrogen and oxygen atoms in total. The van der Waals surface area contributed by atoms with Gasteiger partial charge >= 0.3 is 0 Å². The molecule has 2 aromatic heterocycles. The molecule has 0 saturated carbocycles. The summed E-state index contributed by atoms with van der Waals surface area (Å²) < 4.78 is 2.66. The van der Waals surface area contributed by atoms with E-state index in [1.807, 2.05) is 23.6 Å². The molecule has 2 heterocycles. The lowest BCUT2D eigenvalue weighted by molar-refractivity contribution is 1.03. The van der Waals surface area contributed by atoms with Gasteiger partial charge in [0.2, 0.25) is 0 Å². The van der Waals surface area contributed by atoms with Crippen LogP contribution in [0.2, 0.25) is 0 Å². The number of nitrogens with one attached hydrogen (secondary N) is 1. The van der Waals surface area contributed by atoms with Crippen LogP contribution < -0.4 is 0 Å². The van der Waals surface area contributed by atoms with Crippen molar-refractivity contribution >= 4 is 23.4 Å². The summed E-state index contributed by atoms with van der Waals surface area (Å²) >= 11 is 5.41. The Morgan fingerprint density at radius 1 is 1.16 bits per heavy atom. The fourth-order valence-electron chi connectivity index (χ4n) is 2.20. The van der Waals surface area contributed by atoms with Gasteiger partial charge < -0.3 is 4.98 Å². The maximum Gasteiger partial charge on any atom is 0.183 e. The van der Waals surface area contributed by atoms with Crippen molar-refractivity contribution in [2.24, 2.45) is 0 Å². The molecule has 96 valence electrons. The smallest absolute Gasteiger partial charge is 0.183 e. The van der Waals surface area contributed by atoms with Crippen molar-refractivity contribution in [1.82, 2.24) is 14.5 Å².